The number of carbonyl (C=O) groups is 2. The Balaban J connectivity index is 1.42. The first kappa shape index (κ1) is 24.1. The van der Waals surface area contributed by atoms with Gasteiger partial charge in [-0.3, -0.25) is 9.59 Å². The lowest BCUT2D eigenvalue weighted by Crippen LogP contribution is -2.43. The summed E-state index contributed by atoms with van der Waals surface area (Å²) in [6.07, 6.45) is 1.55. The van der Waals surface area contributed by atoms with Crippen molar-refractivity contribution in [3.63, 3.8) is 0 Å². The van der Waals surface area contributed by atoms with Crippen LogP contribution in [0.4, 0.5) is 0 Å². The largest absolute Gasteiger partial charge is 0.497 e. The Kier molecular flexibility index (Phi) is 9.39. The van der Waals surface area contributed by atoms with Crippen LogP contribution in [0, 0.1) is 0 Å². The monoisotopic (exact) mass is 521 g/mol. The van der Waals surface area contributed by atoms with Gasteiger partial charge in [0.05, 0.1) is 36.8 Å². The molecule has 3 rings (SSSR count). The molecule has 2 amide bonds. The van der Waals surface area contributed by atoms with Crippen LogP contribution in [-0.4, -0.2) is 68.7 Å². The number of amides is 2. The number of morpholine rings is 1. The maximum absolute atomic E-state index is 12.2. The van der Waals surface area contributed by atoms with Gasteiger partial charge in [0.2, 0.25) is 5.91 Å². The molecule has 8 nitrogen and oxygen atoms in total. The zero-order valence-corrected chi connectivity index (χ0v) is 20.0. The first-order valence-electron chi connectivity index (χ1n) is 9.92. The van der Waals surface area contributed by atoms with Crippen molar-refractivity contribution in [1.82, 2.24) is 10.3 Å². The third-order valence-electron chi connectivity index (χ3n) is 4.50. The number of benzene rings is 2. The number of carbonyl (C=O) groups excluding carboxylic acids is 2. The van der Waals surface area contributed by atoms with E-state index in [2.05, 4.69) is 26.5 Å². The lowest BCUT2D eigenvalue weighted by atomic mass is 10.2. The van der Waals surface area contributed by atoms with E-state index in [1.54, 1.807) is 36.4 Å². The molecular formula is C22H24BrN3O5S. The minimum atomic E-state index is -0.206. The van der Waals surface area contributed by atoms with Gasteiger partial charge in [0, 0.05) is 18.0 Å². The number of methoxy groups -OCH3 is 1. The highest BCUT2D eigenvalue weighted by Gasteiger charge is 2.17. The minimum Gasteiger partial charge on any atom is -0.497 e. The van der Waals surface area contributed by atoms with Gasteiger partial charge in [-0.1, -0.05) is 0 Å². The average Bonchev–Trinajstić information content (AvgIpc) is 2.83. The van der Waals surface area contributed by atoms with E-state index in [0.717, 1.165) is 16.2 Å². The topological polar surface area (TPSA) is 89.5 Å². The van der Waals surface area contributed by atoms with E-state index in [4.69, 9.17) is 14.2 Å². The lowest BCUT2D eigenvalue weighted by molar-refractivity contribution is -0.137. The van der Waals surface area contributed by atoms with E-state index in [9.17, 15) is 9.59 Å². The Morgan fingerprint density at radius 3 is 2.66 bits per heavy atom. The summed E-state index contributed by atoms with van der Waals surface area (Å²) >= 11 is 4.86. The van der Waals surface area contributed by atoms with Crippen molar-refractivity contribution in [3.05, 3.63) is 52.5 Å². The zero-order chi connectivity index (χ0) is 22.8. The Hall–Kier alpha value is -2.56. The van der Waals surface area contributed by atoms with Crippen molar-refractivity contribution >= 4 is 45.7 Å². The molecule has 1 heterocycles. The van der Waals surface area contributed by atoms with Crippen molar-refractivity contribution in [1.29, 1.82) is 0 Å². The average molecular weight is 522 g/mol. The van der Waals surface area contributed by atoms with Gasteiger partial charge in [-0.15, -0.1) is 11.8 Å². The third kappa shape index (κ3) is 7.54. The molecule has 0 aromatic heterocycles. The predicted octanol–water partition coefficient (Wildman–Crippen LogP) is 2.94. The SMILES string of the molecule is COc1ccc(SCC(=O)N/N=C/c2ccc(OCC(=O)N3CCOCC3)c(Br)c2)cc1. The summed E-state index contributed by atoms with van der Waals surface area (Å²) in [4.78, 5) is 26.9. The molecule has 0 aliphatic carbocycles. The predicted molar refractivity (Wildman–Crippen MR) is 126 cm³/mol. The minimum absolute atomic E-state index is 0.0338. The highest BCUT2D eigenvalue weighted by Crippen LogP contribution is 2.25. The van der Waals surface area contributed by atoms with Gasteiger partial charge < -0.3 is 19.1 Å². The molecule has 1 aliphatic rings. The molecule has 1 saturated heterocycles. The fourth-order valence-corrected chi connectivity index (χ4v) is 3.99. The van der Waals surface area contributed by atoms with Crippen LogP contribution in [0.3, 0.4) is 0 Å². The molecule has 1 fully saturated rings. The van der Waals surface area contributed by atoms with E-state index < -0.39 is 0 Å². The molecule has 1 N–H and O–H groups in total. The molecule has 0 atom stereocenters. The maximum Gasteiger partial charge on any atom is 0.260 e. The molecule has 0 saturated carbocycles. The third-order valence-corrected chi connectivity index (χ3v) is 6.13. The number of hydrogen-bond acceptors (Lipinski definition) is 7. The van der Waals surface area contributed by atoms with Gasteiger partial charge in [0.25, 0.3) is 5.91 Å². The molecule has 10 heteroatoms. The molecule has 0 unspecified atom stereocenters. The van der Waals surface area contributed by atoms with Gasteiger partial charge in [-0.2, -0.15) is 5.10 Å². The molecule has 0 radical (unpaired) electrons. The number of rotatable bonds is 9. The standard InChI is InChI=1S/C22H24BrN3O5S/c1-29-17-3-5-18(6-4-17)32-15-21(27)25-24-13-16-2-7-20(19(23)12-16)31-14-22(28)26-8-10-30-11-9-26/h2-7,12-13H,8-11,14-15H2,1H3,(H,25,27)/b24-13+. The van der Waals surface area contributed by atoms with Crippen LogP contribution < -0.4 is 14.9 Å². The second-order valence-electron chi connectivity index (χ2n) is 6.73. The number of halogens is 1. The molecule has 0 spiro atoms. The number of nitrogens with one attached hydrogen (secondary N) is 1. The number of hydrogen-bond donors (Lipinski definition) is 1. The van der Waals surface area contributed by atoms with Gasteiger partial charge >= 0.3 is 0 Å². The fraction of sp³-hybridized carbons (Fsp3) is 0.318. The maximum atomic E-state index is 12.2. The van der Waals surface area contributed by atoms with E-state index in [-0.39, 0.29) is 24.2 Å². The van der Waals surface area contributed by atoms with E-state index in [1.807, 2.05) is 24.3 Å². The Morgan fingerprint density at radius 1 is 1.22 bits per heavy atom. The highest BCUT2D eigenvalue weighted by atomic mass is 79.9. The summed E-state index contributed by atoms with van der Waals surface area (Å²) in [7, 11) is 1.61. The van der Waals surface area contributed by atoms with Crippen molar-refractivity contribution < 1.29 is 23.8 Å². The van der Waals surface area contributed by atoms with Gasteiger partial charge in [0.15, 0.2) is 6.61 Å². The van der Waals surface area contributed by atoms with Crippen LogP contribution >= 0.6 is 27.7 Å². The molecule has 32 heavy (non-hydrogen) atoms. The summed E-state index contributed by atoms with van der Waals surface area (Å²) in [5.74, 6) is 1.30. The van der Waals surface area contributed by atoms with Crippen molar-refractivity contribution in [2.45, 2.75) is 4.90 Å². The summed E-state index contributed by atoms with van der Waals surface area (Å²) in [6, 6.07) is 12.8. The van der Waals surface area contributed by atoms with Crippen molar-refractivity contribution in [3.8, 4) is 11.5 Å². The molecule has 0 bridgehead atoms. The summed E-state index contributed by atoms with van der Waals surface area (Å²) in [5.41, 5.74) is 3.28. The second kappa shape index (κ2) is 12.5. The first-order valence-corrected chi connectivity index (χ1v) is 11.7. The van der Waals surface area contributed by atoms with Gasteiger partial charge in [0.1, 0.15) is 11.5 Å². The highest BCUT2D eigenvalue weighted by molar-refractivity contribution is 9.10. The zero-order valence-electron chi connectivity index (χ0n) is 17.6. The second-order valence-corrected chi connectivity index (χ2v) is 8.63. The van der Waals surface area contributed by atoms with Crippen LogP contribution in [-0.2, 0) is 14.3 Å². The van der Waals surface area contributed by atoms with Crippen LogP contribution in [0.5, 0.6) is 11.5 Å². The molecular weight excluding hydrogens is 498 g/mol. The van der Waals surface area contributed by atoms with Crippen molar-refractivity contribution in [2.75, 3.05) is 45.8 Å². The van der Waals surface area contributed by atoms with Crippen LogP contribution in [0.25, 0.3) is 0 Å². The van der Waals surface area contributed by atoms with Gasteiger partial charge in [-0.25, -0.2) is 5.43 Å². The van der Waals surface area contributed by atoms with Crippen molar-refractivity contribution in [2.24, 2.45) is 5.10 Å². The quantitative estimate of drug-likeness (QED) is 0.310. The Labute approximate surface area is 199 Å². The molecule has 1 aliphatic heterocycles. The first-order chi connectivity index (χ1) is 15.5. The summed E-state index contributed by atoms with van der Waals surface area (Å²) < 4.78 is 16.7. The number of nitrogens with zero attached hydrogens (tertiary/aromatic N) is 2. The van der Waals surface area contributed by atoms with E-state index in [1.165, 1.54) is 11.8 Å². The summed E-state index contributed by atoms with van der Waals surface area (Å²) in [6.45, 7) is 2.25. The Bertz CT molecular complexity index is 949. The van der Waals surface area contributed by atoms with Crippen LogP contribution in [0.15, 0.2) is 56.9 Å². The normalized spacial score (nSPS) is 13.8. The van der Waals surface area contributed by atoms with Gasteiger partial charge in [-0.05, 0) is 64.0 Å². The van der Waals surface area contributed by atoms with Crippen LogP contribution in [0.1, 0.15) is 5.56 Å². The molecule has 170 valence electrons. The molecule has 2 aromatic rings. The fourth-order valence-electron chi connectivity index (χ4n) is 2.79. The smallest absolute Gasteiger partial charge is 0.260 e. The number of thioether (sulfide) groups is 1. The summed E-state index contributed by atoms with van der Waals surface area (Å²) in [5, 5.41) is 4.00. The van der Waals surface area contributed by atoms with Crippen LogP contribution in [0.2, 0.25) is 0 Å². The number of ether oxygens (including phenoxy) is 3. The van der Waals surface area contributed by atoms with E-state index in [0.29, 0.717) is 36.5 Å². The molecule has 2 aromatic carbocycles. The van der Waals surface area contributed by atoms with E-state index >= 15 is 0 Å². The lowest BCUT2D eigenvalue weighted by Gasteiger charge is -2.26. The Morgan fingerprint density at radius 2 is 1.97 bits per heavy atom. The number of hydrazone groups is 1.